The van der Waals surface area contributed by atoms with Gasteiger partial charge in [0, 0.05) is 11.6 Å². The van der Waals surface area contributed by atoms with Crippen LogP contribution in [0.1, 0.15) is 55.9 Å². The molecule has 0 saturated heterocycles. The second-order valence-corrected chi connectivity index (χ2v) is 7.43. The summed E-state index contributed by atoms with van der Waals surface area (Å²) in [4.78, 5) is 0. The number of hydrogen-bond donors (Lipinski definition) is 1. The lowest BCUT2D eigenvalue weighted by Gasteiger charge is -2.59. The van der Waals surface area contributed by atoms with E-state index in [4.69, 9.17) is 4.42 Å². The molecule has 0 spiro atoms. The van der Waals surface area contributed by atoms with Gasteiger partial charge in [-0.15, -0.1) is 0 Å². The molecule has 1 atom stereocenters. The summed E-state index contributed by atoms with van der Waals surface area (Å²) < 4.78 is 5.57. The van der Waals surface area contributed by atoms with Crippen molar-refractivity contribution >= 4 is 0 Å². The van der Waals surface area contributed by atoms with Gasteiger partial charge >= 0.3 is 0 Å². The monoisotopic (exact) mass is 259 g/mol. The Morgan fingerprint density at radius 3 is 2.16 bits per heavy atom. The van der Waals surface area contributed by atoms with Crippen molar-refractivity contribution in [1.82, 2.24) is 5.32 Å². The van der Waals surface area contributed by atoms with Crippen molar-refractivity contribution in [2.75, 3.05) is 7.05 Å². The van der Waals surface area contributed by atoms with Gasteiger partial charge in [-0.3, -0.25) is 0 Å². The highest BCUT2D eigenvalue weighted by Crippen LogP contribution is 2.64. The van der Waals surface area contributed by atoms with Gasteiger partial charge in [0.05, 0.1) is 6.26 Å². The number of rotatable bonds is 3. The molecule has 4 saturated carbocycles. The van der Waals surface area contributed by atoms with Crippen LogP contribution in [0.15, 0.2) is 16.7 Å². The van der Waals surface area contributed by atoms with Crippen LogP contribution in [-0.4, -0.2) is 7.05 Å². The van der Waals surface area contributed by atoms with E-state index in [1.807, 2.05) is 6.26 Å². The highest BCUT2D eigenvalue weighted by Gasteiger charge is 2.54. The van der Waals surface area contributed by atoms with Crippen LogP contribution < -0.4 is 5.32 Å². The SMILES string of the molecule is CNC(c1ccoc1C)C12CC3CC(CC(C3)C1)C2. The Morgan fingerprint density at radius 1 is 1.16 bits per heavy atom. The van der Waals surface area contributed by atoms with E-state index in [0.29, 0.717) is 11.5 Å². The van der Waals surface area contributed by atoms with E-state index >= 15 is 0 Å². The minimum atomic E-state index is 0.500. The smallest absolute Gasteiger partial charge is 0.105 e. The topological polar surface area (TPSA) is 25.2 Å². The molecule has 4 fully saturated rings. The number of nitrogens with one attached hydrogen (secondary N) is 1. The van der Waals surface area contributed by atoms with Crippen LogP contribution in [0.4, 0.5) is 0 Å². The number of aryl methyl sites for hydroxylation is 1. The molecule has 0 radical (unpaired) electrons. The third-order valence-electron chi connectivity index (χ3n) is 6.20. The van der Waals surface area contributed by atoms with E-state index in [0.717, 1.165) is 23.5 Å². The van der Waals surface area contributed by atoms with Gasteiger partial charge in [0.2, 0.25) is 0 Å². The molecule has 1 heterocycles. The fourth-order valence-corrected chi connectivity index (χ4v) is 6.02. The second-order valence-electron chi connectivity index (χ2n) is 7.43. The molecule has 19 heavy (non-hydrogen) atoms. The van der Waals surface area contributed by atoms with Crippen LogP contribution in [0.3, 0.4) is 0 Å². The normalized spacial score (nSPS) is 41.7. The van der Waals surface area contributed by atoms with Gasteiger partial charge in [0.1, 0.15) is 5.76 Å². The molecular formula is C17H25NO. The third-order valence-corrected chi connectivity index (χ3v) is 6.20. The summed E-state index contributed by atoms with van der Waals surface area (Å²) in [5.41, 5.74) is 1.92. The highest BCUT2D eigenvalue weighted by atomic mass is 16.3. The van der Waals surface area contributed by atoms with Crippen LogP contribution in [0.5, 0.6) is 0 Å². The van der Waals surface area contributed by atoms with Crippen LogP contribution in [0.2, 0.25) is 0 Å². The molecule has 0 amide bonds. The third kappa shape index (κ3) is 1.72. The molecule has 5 rings (SSSR count). The first-order valence-electron chi connectivity index (χ1n) is 7.91. The lowest BCUT2D eigenvalue weighted by Crippen LogP contribution is -2.51. The van der Waals surface area contributed by atoms with Gasteiger partial charge in [0.15, 0.2) is 0 Å². The maximum atomic E-state index is 5.57. The van der Waals surface area contributed by atoms with Gasteiger partial charge in [-0.05, 0) is 81.7 Å². The Labute approximate surface area is 116 Å². The Bertz CT molecular complexity index is 440. The van der Waals surface area contributed by atoms with Crippen molar-refractivity contribution < 1.29 is 4.42 Å². The molecule has 104 valence electrons. The maximum absolute atomic E-state index is 5.57. The van der Waals surface area contributed by atoms with Crippen LogP contribution in [-0.2, 0) is 0 Å². The molecule has 1 unspecified atom stereocenters. The van der Waals surface area contributed by atoms with Gasteiger partial charge in [-0.2, -0.15) is 0 Å². The first-order chi connectivity index (χ1) is 9.20. The quantitative estimate of drug-likeness (QED) is 0.885. The second kappa shape index (κ2) is 4.12. The number of furan rings is 1. The molecule has 4 aliphatic rings. The van der Waals surface area contributed by atoms with Crippen molar-refractivity contribution in [1.29, 1.82) is 0 Å². The first kappa shape index (κ1) is 12.0. The predicted molar refractivity (Wildman–Crippen MR) is 75.9 cm³/mol. The van der Waals surface area contributed by atoms with Gasteiger partial charge in [0.25, 0.3) is 0 Å². The molecule has 0 aliphatic heterocycles. The lowest BCUT2D eigenvalue weighted by molar-refractivity contribution is -0.0738. The average molecular weight is 259 g/mol. The maximum Gasteiger partial charge on any atom is 0.105 e. The Morgan fingerprint density at radius 2 is 1.74 bits per heavy atom. The van der Waals surface area contributed by atoms with E-state index in [1.165, 1.54) is 44.1 Å². The van der Waals surface area contributed by atoms with E-state index < -0.39 is 0 Å². The molecule has 1 aromatic heterocycles. The Kier molecular flexibility index (Phi) is 2.60. The fourth-order valence-electron chi connectivity index (χ4n) is 6.02. The number of hydrogen-bond acceptors (Lipinski definition) is 2. The molecule has 0 aromatic carbocycles. The van der Waals surface area contributed by atoms with Crippen LogP contribution in [0, 0.1) is 30.1 Å². The van der Waals surface area contributed by atoms with E-state index in [2.05, 4.69) is 25.4 Å². The van der Waals surface area contributed by atoms with Gasteiger partial charge in [-0.1, -0.05) is 0 Å². The van der Waals surface area contributed by atoms with Crippen molar-refractivity contribution in [3.63, 3.8) is 0 Å². The highest BCUT2D eigenvalue weighted by molar-refractivity contribution is 5.25. The van der Waals surface area contributed by atoms with Crippen molar-refractivity contribution in [2.24, 2.45) is 23.2 Å². The lowest BCUT2D eigenvalue weighted by atomic mass is 9.47. The fraction of sp³-hybridized carbons (Fsp3) is 0.765. The molecule has 1 N–H and O–H groups in total. The molecule has 4 aliphatic carbocycles. The van der Waals surface area contributed by atoms with E-state index in [1.54, 1.807) is 0 Å². The summed E-state index contributed by atoms with van der Waals surface area (Å²) in [7, 11) is 2.13. The zero-order chi connectivity index (χ0) is 13.0. The van der Waals surface area contributed by atoms with Crippen molar-refractivity contribution in [3.8, 4) is 0 Å². The zero-order valence-corrected chi connectivity index (χ0v) is 12.1. The minimum Gasteiger partial charge on any atom is -0.469 e. The Hall–Kier alpha value is -0.760. The van der Waals surface area contributed by atoms with E-state index in [9.17, 15) is 0 Å². The largest absolute Gasteiger partial charge is 0.469 e. The summed E-state index contributed by atoms with van der Waals surface area (Å²) in [5, 5.41) is 3.64. The van der Waals surface area contributed by atoms with Gasteiger partial charge < -0.3 is 9.73 Å². The van der Waals surface area contributed by atoms with E-state index in [-0.39, 0.29) is 0 Å². The summed E-state index contributed by atoms with van der Waals surface area (Å²) in [6.45, 7) is 2.11. The molecule has 2 heteroatoms. The molecule has 1 aromatic rings. The summed E-state index contributed by atoms with van der Waals surface area (Å²) in [5.74, 6) is 4.13. The molecule has 2 nitrogen and oxygen atoms in total. The average Bonchev–Trinajstić information content (AvgIpc) is 2.74. The van der Waals surface area contributed by atoms with Crippen LogP contribution in [0.25, 0.3) is 0 Å². The zero-order valence-electron chi connectivity index (χ0n) is 12.1. The summed E-state index contributed by atoms with van der Waals surface area (Å²) in [6, 6.07) is 2.69. The molecular weight excluding hydrogens is 234 g/mol. The summed E-state index contributed by atoms with van der Waals surface area (Å²) >= 11 is 0. The van der Waals surface area contributed by atoms with Gasteiger partial charge in [-0.25, -0.2) is 0 Å². The minimum absolute atomic E-state index is 0.500. The van der Waals surface area contributed by atoms with Crippen molar-refractivity contribution in [2.45, 2.75) is 51.5 Å². The van der Waals surface area contributed by atoms with Crippen molar-refractivity contribution in [3.05, 3.63) is 23.7 Å². The molecule has 4 bridgehead atoms. The first-order valence-corrected chi connectivity index (χ1v) is 7.91. The Balaban J connectivity index is 1.72. The summed E-state index contributed by atoms with van der Waals surface area (Å²) in [6.07, 6.45) is 10.7. The predicted octanol–water partition coefficient (Wildman–Crippen LogP) is 4.06. The van der Waals surface area contributed by atoms with Crippen LogP contribution >= 0.6 is 0 Å². The standard InChI is InChI=1S/C17H25NO/c1-11-15(3-4-19-11)16(18-2)17-8-12-5-13(9-17)7-14(6-12)10-17/h3-4,12-14,16,18H,5-10H2,1-2H3.